The standard InChI is InChI=1S/C22H26N4O3/c27-22-11-10-18-6-1-2-7-19(18)25(22)13-5-12-23-14-16-24(17-15-23)20-8-3-4-9-21(20)26(28)29/h1-4,6-9H,5,10-17H2. The summed E-state index contributed by atoms with van der Waals surface area (Å²) in [5, 5.41) is 11.3. The average Bonchev–Trinajstić information content (AvgIpc) is 2.76. The van der Waals surface area contributed by atoms with Crippen molar-refractivity contribution in [3.63, 3.8) is 0 Å². The molecule has 2 aromatic carbocycles. The molecule has 1 saturated heterocycles. The van der Waals surface area contributed by atoms with Crippen molar-refractivity contribution in [1.82, 2.24) is 4.90 Å². The number of anilines is 2. The van der Waals surface area contributed by atoms with Crippen LogP contribution in [0.2, 0.25) is 0 Å². The molecule has 2 aliphatic heterocycles. The molecule has 0 atom stereocenters. The molecule has 0 N–H and O–H groups in total. The van der Waals surface area contributed by atoms with Crippen LogP contribution in [-0.2, 0) is 11.2 Å². The highest BCUT2D eigenvalue weighted by Gasteiger charge is 2.25. The second-order valence-electron chi connectivity index (χ2n) is 7.60. The molecule has 2 aliphatic rings. The van der Waals surface area contributed by atoms with Crippen molar-refractivity contribution in [3.8, 4) is 0 Å². The summed E-state index contributed by atoms with van der Waals surface area (Å²) in [6.45, 7) is 4.96. The van der Waals surface area contributed by atoms with E-state index in [1.54, 1.807) is 12.1 Å². The Morgan fingerprint density at radius 3 is 2.31 bits per heavy atom. The molecule has 7 nitrogen and oxygen atoms in total. The van der Waals surface area contributed by atoms with Gasteiger partial charge in [0.15, 0.2) is 0 Å². The molecule has 0 radical (unpaired) electrons. The van der Waals surface area contributed by atoms with Gasteiger partial charge in [0.1, 0.15) is 5.69 Å². The second kappa shape index (κ2) is 8.61. The summed E-state index contributed by atoms with van der Waals surface area (Å²) in [5.41, 5.74) is 3.19. The smallest absolute Gasteiger partial charge is 0.292 e. The summed E-state index contributed by atoms with van der Waals surface area (Å²) in [4.78, 5) is 29.7. The quantitative estimate of drug-likeness (QED) is 0.556. The summed E-state index contributed by atoms with van der Waals surface area (Å²) >= 11 is 0. The van der Waals surface area contributed by atoms with Crippen molar-refractivity contribution < 1.29 is 9.72 Å². The first kappa shape index (κ1) is 19.4. The lowest BCUT2D eigenvalue weighted by molar-refractivity contribution is -0.384. The number of aryl methyl sites for hydroxylation is 1. The van der Waals surface area contributed by atoms with Gasteiger partial charge in [0, 0.05) is 50.9 Å². The van der Waals surface area contributed by atoms with Gasteiger partial charge in [0.05, 0.1) is 4.92 Å². The molecule has 0 bridgehead atoms. The van der Waals surface area contributed by atoms with Crippen LogP contribution in [0.3, 0.4) is 0 Å². The molecule has 2 aromatic rings. The van der Waals surface area contributed by atoms with E-state index >= 15 is 0 Å². The minimum Gasteiger partial charge on any atom is -0.363 e. The van der Waals surface area contributed by atoms with Gasteiger partial charge in [0.2, 0.25) is 5.91 Å². The molecule has 152 valence electrons. The first-order chi connectivity index (χ1) is 14.1. The minimum absolute atomic E-state index is 0.170. The lowest BCUT2D eigenvalue weighted by Gasteiger charge is -2.36. The number of hydrogen-bond acceptors (Lipinski definition) is 5. The predicted molar refractivity (Wildman–Crippen MR) is 113 cm³/mol. The van der Waals surface area contributed by atoms with E-state index in [4.69, 9.17) is 0 Å². The summed E-state index contributed by atoms with van der Waals surface area (Å²) in [7, 11) is 0. The zero-order valence-electron chi connectivity index (χ0n) is 16.5. The zero-order chi connectivity index (χ0) is 20.2. The zero-order valence-corrected chi connectivity index (χ0v) is 16.5. The van der Waals surface area contributed by atoms with Crippen molar-refractivity contribution in [2.24, 2.45) is 0 Å². The van der Waals surface area contributed by atoms with Gasteiger partial charge >= 0.3 is 0 Å². The molecule has 0 aromatic heterocycles. The summed E-state index contributed by atoms with van der Waals surface area (Å²) in [6.07, 6.45) is 2.34. The Balaban J connectivity index is 1.29. The molecule has 1 fully saturated rings. The third-order valence-corrected chi connectivity index (χ3v) is 5.84. The van der Waals surface area contributed by atoms with Crippen molar-refractivity contribution >= 4 is 23.0 Å². The van der Waals surface area contributed by atoms with Crippen molar-refractivity contribution in [1.29, 1.82) is 0 Å². The van der Waals surface area contributed by atoms with Crippen molar-refractivity contribution in [3.05, 3.63) is 64.2 Å². The molecular formula is C22H26N4O3. The van der Waals surface area contributed by atoms with Crippen LogP contribution < -0.4 is 9.80 Å². The van der Waals surface area contributed by atoms with Crippen LogP contribution in [0.4, 0.5) is 17.1 Å². The fourth-order valence-corrected chi connectivity index (χ4v) is 4.29. The number of nitrogens with zero attached hydrogens (tertiary/aromatic N) is 4. The maximum Gasteiger partial charge on any atom is 0.292 e. The second-order valence-corrected chi connectivity index (χ2v) is 7.60. The Bertz CT molecular complexity index is 893. The van der Waals surface area contributed by atoms with Gasteiger partial charge in [0.25, 0.3) is 5.69 Å². The normalized spacial score (nSPS) is 17.3. The molecule has 7 heteroatoms. The molecule has 0 spiro atoms. The summed E-state index contributed by atoms with van der Waals surface area (Å²) in [5.74, 6) is 0.213. The highest BCUT2D eigenvalue weighted by Crippen LogP contribution is 2.29. The van der Waals surface area contributed by atoms with Gasteiger partial charge in [-0.3, -0.25) is 19.8 Å². The Morgan fingerprint density at radius 1 is 0.862 bits per heavy atom. The van der Waals surface area contributed by atoms with Crippen LogP contribution in [-0.4, -0.2) is 55.0 Å². The maximum atomic E-state index is 12.4. The molecule has 0 unspecified atom stereocenters. The van der Waals surface area contributed by atoms with Crippen LogP contribution >= 0.6 is 0 Å². The number of fused-ring (bicyclic) bond motifs is 1. The Hall–Kier alpha value is -2.93. The van der Waals surface area contributed by atoms with Crippen LogP contribution in [0, 0.1) is 10.1 Å². The monoisotopic (exact) mass is 394 g/mol. The van der Waals surface area contributed by atoms with Crippen LogP contribution in [0.5, 0.6) is 0 Å². The molecule has 0 aliphatic carbocycles. The van der Waals surface area contributed by atoms with E-state index in [0.717, 1.165) is 57.8 Å². The van der Waals surface area contributed by atoms with E-state index in [9.17, 15) is 14.9 Å². The maximum absolute atomic E-state index is 12.4. The largest absolute Gasteiger partial charge is 0.363 e. The number of benzene rings is 2. The predicted octanol–water partition coefficient (Wildman–Crippen LogP) is 3.09. The third-order valence-electron chi connectivity index (χ3n) is 5.84. The Labute approximate surface area is 170 Å². The number of carbonyl (C=O) groups excluding carboxylic acids is 1. The first-order valence-electron chi connectivity index (χ1n) is 10.2. The number of hydrogen-bond donors (Lipinski definition) is 0. The highest BCUT2D eigenvalue weighted by molar-refractivity contribution is 5.96. The molecule has 4 rings (SSSR count). The number of amides is 1. The number of nitro benzene ring substituents is 1. The highest BCUT2D eigenvalue weighted by atomic mass is 16.6. The van der Waals surface area contributed by atoms with Gasteiger partial charge in [-0.2, -0.15) is 0 Å². The van der Waals surface area contributed by atoms with E-state index in [2.05, 4.69) is 15.9 Å². The van der Waals surface area contributed by atoms with Gasteiger partial charge in [-0.15, -0.1) is 0 Å². The van der Waals surface area contributed by atoms with E-state index in [1.165, 1.54) is 5.56 Å². The number of para-hydroxylation sites is 3. The SMILES string of the molecule is O=C1CCc2ccccc2N1CCCN1CCN(c2ccccc2[N+](=O)[O-])CC1. The average molecular weight is 394 g/mol. The summed E-state index contributed by atoms with van der Waals surface area (Å²) < 4.78 is 0. The molecule has 0 saturated carbocycles. The molecule has 2 heterocycles. The topological polar surface area (TPSA) is 69.9 Å². The fraction of sp³-hybridized carbons (Fsp3) is 0.409. The van der Waals surface area contributed by atoms with E-state index in [-0.39, 0.29) is 16.5 Å². The van der Waals surface area contributed by atoms with Gasteiger partial charge in [-0.1, -0.05) is 30.3 Å². The fourth-order valence-electron chi connectivity index (χ4n) is 4.29. The number of rotatable bonds is 6. The van der Waals surface area contributed by atoms with Crippen molar-refractivity contribution in [2.45, 2.75) is 19.3 Å². The number of piperazine rings is 1. The van der Waals surface area contributed by atoms with Gasteiger partial charge < -0.3 is 9.80 Å². The van der Waals surface area contributed by atoms with Crippen LogP contribution in [0.25, 0.3) is 0 Å². The van der Waals surface area contributed by atoms with Crippen LogP contribution in [0.15, 0.2) is 48.5 Å². The van der Waals surface area contributed by atoms with Gasteiger partial charge in [-0.25, -0.2) is 0 Å². The number of carbonyl (C=O) groups is 1. The first-order valence-corrected chi connectivity index (χ1v) is 10.2. The van der Waals surface area contributed by atoms with E-state index < -0.39 is 0 Å². The summed E-state index contributed by atoms with van der Waals surface area (Å²) in [6, 6.07) is 15.1. The van der Waals surface area contributed by atoms with E-state index in [0.29, 0.717) is 12.1 Å². The van der Waals surface area contributed by atoms with E-state index in [1.807, 2.05) is 35.2 Å². The van der Waals surface area contributed by atoms with Gasteiger partial charge in [-0.05, 0) is 37.1 Å². The third kappa shape index (κ3) is 4.24. The number of nitro groups is 1. The molecular weight excluding hydrogens is 368 g/mol. The lowest BCUT2D eigenvalue weighted by atomic mass is 10.0. The minimum atomic E-state index is -0.310. The lowest BCUT2D eigenvalue weighted by Crippen LogP contribution is -2.47. The van der Waals surface area contributed by atoms with Crippen molar-refractivity contribution in [2.75, 3.05) is 49.1 Å². The van der Waals surface area contributed by atoms with Crippen LogP contribution in [0.1, 0.15) is 18.4 Å². The molecule has 1 amide bonds. The molecule has 29 heavy (non-hydrogen) atoms. The Morgan fingerprint density at radius 2 is 1.55 bits per heavy atom. The Kier molecular flexibility index (Phi) is 5.76.